The van der Waals surface area contributed by atoms with E-state index in [2.05, 4.69) is 33.1 Å². The van der Waals surface area contributed by atoms with Crippen molar-refractivity contribution in [1.29, 1.82) is 0 Å². The Bertz CT molecular complexity index is 1800. The molecule has 48 heavy (non-hydrogen) atoms. The van der Waals surface area contributed by atoms with Crippen molar-refractivity contribution in [2.24, 2.45) is 0 Å². The number of carbonyl (C=O) groups excluding carboxylic acids is 1. The first-order valence-corrected chi connectivity index (χ1v) is 17.6. The minimum absolute atomic E-state index is 0.137. The van der Waals surface area contributed by atoms with E-state index >= 15 is 0 Å². The topological polar surface area (TPSA) is 80.3 Å². The number of carbonyl (C=O) groups is 1. The van der Waals surface area contributed by atoms with Crippen molar-refractivity contribution in [3.63, 3.8) is 0 Å². The molecule has 0 aliphatic carbocycles. The number of hydrogen-bond donors (Lipinski definition) is 2. The SMILES string of the molecule is COc1cc(CCC(C)N2Cc3cc(Cl)c(Oc4c(OC)ccc(Br)c4C(=O)NC(C)CCc4ccc(Cl)c(Cl)c4)cc3C2)ccc1O. The number of aryl methyl sites for hydroxylation is 2. The van der Waals surface area contributed by atoms with Gasteiger partial charge in [-0.1, -0.05) is 46.9 Å². The van der Waals surface area contributed by atoms with E-state index in [-0.39, 0.29) is 23.4 Å². The van der Waals surface area contributed by atoms with E-state index in [0.29, 0.717) is 61.2 Å². The lowest BCUT2D eigenvalue weighted by atomic mass is 10.0. The number of nitrogens with one attached hydrogen (secondary N) is 1. The molecule has 1 aliphatic heterocycles. The zero-order valence-corrected chi connectivity index (χ0v) is 31.1. The predicted molar refractivity (Wildman–Crippen MR) is 196 cm³/mol. The summed E-state index contributed by atoms with van der Waals surface area (Å²) in [5, 5.41) is 14.5. The van der Waals surface area contributed by atoms with Gasteiger partial charge in [0.15, 0.2) is 23.0 Å². The molecule has 0 saturated heterocycles. The number of halogens is 4. The van der Waals surface area contributed by atoms with E-state index < -0.39 is 0 Å². The molecule has 0 spiro atoms. The first kappa shape index (κ1) is 36.1. The first-order valence-electron chi connectivity index (χ1n) is 15.7. The van der Waals surface area contributed by atoms with E-state index in [9.17, 15) is 9.90 Å². The standard InChI is InChI=1S/C37H38BrCl3N2O5/c1-21(5-7-23-9-12-28(39)29(40)15-23)42-37(45)35-27(38)11-14-32(46-3)36(35)48-33-18-26-20-43(19-25(26)17-30(33)41)22(2)6-8-24-10-13-31(44)34(16-24)47-4/h9-18,21-22,44H,5-8,19-20H2,1-4H3,(H,42,45). The van der Waals surface area contributed by atoms with Gasteiger partial charge < -0.3 is 24.6 Å². The molecule has 254 valence electrons. The van der Waals surface area contributed by atoms with Crippen LogP contribution < -0.4 is 19.5 Å². The summed E-state index contributed by atoms with van der Waals surface area (Å²) >= 11 is 22.6. The van der Waals surface area contributed by atoms with Crippen molar-refractivity contribution in [3.05, 3.63) is 108 Å². The van der Waals surface area contributed by atoms with Crippen LogP contribution in [0.1, 0.15) is 59.3 Å². The molecule has 1 aliphatic rings. The number of rotatable bonds is 13. The number of amides is 1. The summed E-state index contributed by atoms with van der Waals surface area (Å²) in [7, 11) is 3.09. The number of hydrogen-bond acceptors (Lipinski definition) is 6. The summed E-state index contributed by atoms with van der Waals surface area (Å²) in [5.41, 5.74) is 4.71. The zero-order valence-electron chi connectivity index (χ0n) is 27.2. The van der Waals surface area contributed by atoms with Crippen molar-refractivity contribution in [3.8, 4) is 28.7 Å². The second kappa shape index (κ2) is 16.0. The average Bonchev–Trinajstić information content (AvgIpc) is 3.47. The Morgan fingerprint density at radius 1 is 0.833 bits per heavy atom. The van der Waals surface area contributed by atoms with Gasteiger partial charge in [0.2, 0.25) is 0 Å². The van der Waals surface area contributed by atoms with Crippen LogP contribution in [0.2, 0.25) is 15.1 Å². The fourth-order valence-corrected chi connectivity index (χ4v) is 6.86. The normalized spacial score (nSPS) is 13.9. The molecule has 4 aromatic rings. The van der Waals surface area contributed by atoms with Crippen LogP contribution in [0.5, 0.6) is 28.7 Å². The highest BCUT2D eigenvalue weighted by Gasteiger charge is 2.27. The number of aromatic hydroxyl groups is 1. The highest BCUT2D eigenvalue weighted by molar-refractivity contribution is 9.10. The van der Waals surface area contributed by atoms with Crippen molar-refractivity contribution in [1.82, 2.24) is 10.2 Å². The van der Waals surface area contributed by atoms with Crippen LogP contribution in [0.15, 0.2) is 65.1 Å². The molecule has 0 fully saturated rings. The van der Waals surface area contributed by atoms with E-state index in [1.807, 2.05) is 43.3 Å². The fourth-order valence-electron chi connectivity index (χ4n) is 5.82. The molecule has 4 aromatic carbocycles. The smallest absolute Gasteiger partial charge is 0.256 e. The van der Waals surface area contributed by atoms with Gasteiger partial charge in [-0.25, -0.2) is 0 Å². The first-order chi connectivity index (χ1) is 23.0. The number of phenolic OH excluding ortho intramolecular Hbond substituents is 1. The van der Waals surface area contributed by atoms with Crippen LogP contribution in [0.4, 0.5) is 0 Å². The van der Waals surface area contributed by atoms with E-state index in [1.165, 1.54) is 7.11 Å². The van der Waals surface area contributed by atoms with Gasteiger partial charge in [-0.3, -0.25) is 9.69 Å². The predicted octanol–water partition coefficient (Wildman–Crippen LogP) is 10.0. The third-order valence-electron chi connectivity index (χ3n) is 8.68. The number of methoxy groups -OCH3 is 2. The Balaban J connectivity index is 1.28. The molecular weight excluding hydrogens is 739 g/mol. The summed E-state index contributed by atoms with van der Waals surface area (Å²) in [6.07, 6.45) is 3.18. The molecule has 2 atom stereocenters. The number of fused-ring (bicyclic) bond motifs is 1. The van der Waals surface area contributed by atoms with E-state index in [0.717, 1.165) is 48.2 Å². The Morgan fingerprint density at radius 2 is 1.50 bits per heavy atom. The Labute approximate surface area is 305 Å². The number of benzene rings is 4. The molecule has 0 bridgehead atoms. The van der Waals surface area contributed by atoms with Crippen molar-refractivity contribution in [2.45, 2.75) is 64.7 Å². The highest BCUT2D eigenvalue weighted by Crippen LogP contribution is 2.43. The Morgan fingerprint density at radius 3 is 2.21 bits per heavy atom. The molecule has 1 heterocycles. The Kier molecular flexibility index (Phi) is 12.1. The Hall–Kier alpha value is -3.14. The lowest BCUT2D eigenvalue weighted by Gasteiger charge is -2.23. The van der Waals surface area contributed by atoms with E-state index in [4.69, 9.17) is 49.0 Å². The van der Waals surface area contributed by atoms with Gasteiger partial charge in [-0.15, -0.1) is 0 Å². The molecular formula is C37H38BrCl3N2O5. The molecule has 11 heteroatoms. The maximum Gasteiger partial charge on any atom is 0.256 e. The van der Waals surface area contributed by atoms with Crippen LogP contribution in [0.3, 0.4) is 0 Å². The van der Waals surface area contributed by atoms with Gasteiger partial charge in [0.25, 0.3) is 5.91 Å². The maximum atomic E-state index is 13.7. The summed E-state index contributed by atoms with van der Waals surface area (Å²) in [6, 6.07) is 18.6. The van der Waals surface area contributed by atoms with Gasteiger partial charge in [0.05, 0.1) is 29.3 Å². The lowest BCUT2D eigenvalue weighted by Crippen LogP contribution is -2.33. The van der Waals surface area contributed by atoms with Crippen LogP contribution in [-0.2, 0) is 25.9 Å². The third kappa shape index (κ3) is 8.52. The fraction of sp³-hybridized carbons (Fsp3) is 0.324. The molecule has 1 amide bonds. The van der Waals surface area contributed by atoms with E-state index in [1.54, 1.807) is 31.4 Å². The minimum Gasteiger partial charge on any atom is -0.504 e. The monoisotopic (exact) mass is 774 g/mol. The molecule has 0 aromatic heterocycles. The summed E-state index contributed by atoms with van der Waals surface area (Å²) in [6.45, 7) is 5.67. The van der Waals surface area contributed by atoms with Gasteiger partial charge in [-0.2, -0.15) is 0 Å². The largest absolute Gasteiger partial charge is 0.504 e. The van der Waals surface area contributed by atoms with Crippen molar-refractivity contribution in [2.75, 3.05) is 14.2 Å². The number of ether oxygens (including phenoxy) is 3. The summed E-state index contributed by atoms with van der Waals surface area (Å²) < 4.78 is 17.9. The van der Waals surface area contributed by atoms with Crippen LogP contribution in [0, 0.1) is 0 Å². The number of phenols is 1. The molecule has 2 N–H and O–H groups in total. The summed E-state index contributed by atoms with van der Waals surface area (Å²) in [4.78, 5) is 16.1. The second-order valence-electron chi connectivity index (χ2n) is 12.1. The highest BCUT2D eigenvalue weighted by atomic mass is 79.9. The molecule has 7 nitrogen and oxygen atoms in total. The minimum atomic E-state index is -0.305. The second-order valence-corrected chi connectivity index (χ2v) is 14.1. The molecule has 2 unspecified atom stereocenters. The van der Waals surface area contributed by atoms with Gasteiger partial charge in [0, 0.05) is 29.6 Å². The van der Waals surface area contributed by atoms with Gasteiger partial charge in [0.1, 0.15) is 11.3 Å². The molecule has 0 saturated carbocycles. The van der Waals surface area contributed by atoms with Gasteiger partial charge >= 0.3 is 0 Å². The van der Waals surface area contributed by atoms with Gasteiger partial charge in [-0.05, 0) is 126 Å². The third-order valence-corrected chi connectivity index (χ3v) is 10.4. The number of nitrogens with zero attached hydrogens (tertiary/aromatic N) is 1. The quantitative estimate of drug-likeness (QED) is 0.141. The molecule has 5 rings (SSSR count). The maximum absolute atomic E-state index is 13.7. The van der Waals surface area contributed by atoms with Crippen LogP contribution >= 0.6 is 50.7 Å². The lowest BCUT2D eigenvalue weighted by molar-refractivity contribution is 0.0934. The molecule has 0 radical (unpaired) electrons. The van der Waals surface area contributed by atoms with Crippen LogP contribution in [-0.4, -0.2) is 42.2 Å². The summed E-state index contributed by atoms with van der Waals surface area (Å²) in [5.74, 6) is 1.44. The average molecular weight is 777 g/mol. The van der Waals surface area contributed by atoms with Crippen molar-refractivity contribution < 1.29 is 24.1 Å². The van der Waals surface area contributed by atoms with Crippen molar-refractivity contribution >= 4 is 56.6 Å². The zero-order chi connectivity index (χ0) is 34.5. The van der Waals surface area contributed by atoms with Crippen LogP contribution in [0.25, 0.3) is 0 Å².